The summed E-state index contributed by atoms with van der Waals surface area (Å²) in [5.74, 6) is -0.991. The molecule has 2 unspecified atom stereocenters. The van der Waals surface area contributed by atoms with Crippen LogP contribution in [0.25, 0.3) is 0 Å². The average Bonchev–Trinajstić information content (AvgIpc) is 3.35. The molecule has 0 aromatic carbocycles. The fourth-order valence-corrected chi connectivity index (χ4v) is 4.81. The third-order valence-corrected chi connectivity index (χ3v) is 6.29. The second kappa shape index (κ2) is 7.46. The molecule has 28 heavy (non-hydrogen) atoms. The first-order chi connectivity index (χ1) is 13.5. The number of aryl methyl sites for hydroxylation is 3. The monoisotopic (exact) mass is 402 g/mol. The summed E-state index contributed by atoms with van der Waals surface area (Å²) < 4.78 is 6.35. The third-order valence-electron chi connectivity index (χ3n) is 5.25. The van der Waals surface area contributed by atoms with Crippen molar-refractivity contribution in [3.63, 3.8) is 0 Å². The molecule has 4 rings (SSSR count). The summed E-state index contributed by atoms with van der Waals surface area (Å²) in [5, 5.41) is 7.59. The second-order valence-corrected chi connectivity index (χ2v) is 8.17. The van der Waals surface area contributed by atoms with Crippen molar-refractivity contribution in [3.8, 4) is 0 Å². The number of hydrogen-bond donors (Lipinski definition) is 1. The van der Waals surface area contributed by atoms with E-state index in [0.29, 0.717) is 23.9 Å². The summed E-state index contributed by atoms with van der Waals surface area (Å²) >= 11 is 1.37. The summed E-state index contributed by atoms with van der Waals surface area (Å²) in [7, 11) is 0. The van der Waals surface area contributed by atoms with Crippen LogP contribution in [-0.4, -0.2) is 33.2 Å². The summed E-state index contributed by atoms with van der Waals surface area (Å²) in [6.45, 7) is 3.75. The van der Waals surface area contributed by atoms with Crippen molar-refractivity contribution in [2.45, 2.75) is 57.9 Å². The van der Waals surface area contributed by atoms with E-state index in [1.54, 1.807) is 19.9 Å². The number of nitrogens with one attached hydrogen (secondary N) is 1. The van der Waals surface area contributed by atoms with Crippen LogP contribution in [0.2, 0.25) is 0 Å². The van der Waals surface area contributed by atoms with E-state index in [4.69, 9.17) is 4.74 Å². The van der Waals surface area contributed by atoms with E-state index < -0.39 is 6.04 Å². The quantitative estimate of drug-likeness (QED) is 0.767. The van der Waals surface area contributed by atoms with E-state index in [0.717, 1.165) is 41.8 Å². The van der Waals surface area contributed by atoms with Crippen LogP contribution in [0.3, 0.4) is 0 Å². The van der Waals surface area contributed by atoms with Crippen molar-refractivity contribution in [2.75, 3.05) is 11.9 Å². The van der Waals surface area contributed by atoms with Crippen molar-refractivity contribution in [2.24, 2.45) is 0 Å². The number of fused-ring (bicyclic) bond motifs is 2. The molecule has 2 aromatic rings. The molecule has 1 N–H and O–H groups in total. The molecule has 2 aromatic heterocycles. The van der Waals surface area contributed by atoms with Gasteiger partial charge in [0.2, 0.25) is 0 Å². The minimum Gasteiger partial charge on any atom is -0.465 e. The van der Waals surface area contributed by atoms with Crippen LogP contribution < -0.4 is 10.9 Å². The Morgan fingerprint density at radius 1 is 1.39 bits per heavy atom. The first-order valence-corrected chi connectivity index (χ1v) is 10.4. The Labute approximate surface area is 165 Å². The van der Waals surface area contributed by atoms with Crippen molar-refractivity contribution >= 4 is 28.3 Å². The van der Waals surface area contributed by atoms with E-state index in [1.807, 2.05) is 0 Å². The van der Waals surface area contributed by atoms with Gasteiger partial charge >= 0.3 is 5.97 Å². The number of aromatic nitrogens is 3. The molecular formula is C19H22N4O4S. The van der Waals surface area contributed by atoms with Crippen LogP contribution in [0.5, 0.6) is 0 Å². The highest BCUT2D eigenvalue weighted by atomic mass is 32.1. The van der Waals surface area contributed by atoms with E-state index in [-0.39, 0.29) is 23.4 Å². The highest BCUT2D eigenvalue weighted by Crippen LogP contribution is 2.39. The number of ether oxygens (including phenoxy) is 1. The fourth-order valence-electron chi connectivity index (χ4n) is 3.77. The van der Waals surface area contributed by atoms with Gasteiger partial charge in [-0.1, -0.05) is 0 Å². The Morgan fingerprint density at radius 2 is 2.21 bits per heavy atom. The number of anilines is 1. The first-order valence-electron chi connectivity index (χ1n) is 9.56. The Morgan fingerprint density at radius 3 is 3.00 bits per heavy atom. The molecule has 2 atom stereocenters. The van der Waals surface area contributed by atoms with E-state index in [2.05, 4.69) is 15.4 Å². The van der Waals surface area contributed by atoms with Crippen LogP contribution in [-0.2, 0) is 33.6 Å². The Kier molecular flexibility index (Phi) is 5.01. The van der Waals surface area contributed by atoms with Gasteiger partial charge in [0.05, 0.1) is 18.0 Å². The van der Waals surface area contributed by atoms with Crippen molar-refractivity contribution in [3.05, 3.63) is 38.2 Å². The van der Waals surface area contributed by atoms with Gasteiger partial charge in [-0.25, -0.2) is 9.67 Å². The largest absolute Gasteiger partial charge is 0.465 e. The van der Waals surface area contributed by atoms with Crippen LogP contribution in [0.4, 0.5) is 5.13 Å². The number of nitrogens with zero attached hydrogens (tertiary/aromatic N) is 3. The molecule has 0 saturated heterocycles. The summed E-state index contributed by atoms with van der Waals surface area (Å²) in [4.78, 5) is 42.5. The van der Waals surface area contributed by atoms with Gasteiger partial charge in [-0.05, 0) is 51.5 Å². The van der Waals surface area contributed by atoms with Crippen LogP contribution in [0.1, 0.15) is 60.5 Å². The van der Waals surface area contributed by atoms with Gasteiger partial charge in [-0.3, -0.25) is 14.4 Å². The molecule has 2 aliphatic rings. The second-order valence-electron chi connectivity index (χ2n) is 7.09. The molecule has 1 amide bonds. The topological polar surface area (TPSA) is 103 Å². The smallest absolute Gasteiger partial charge is 0.315 e. The standard InChI is InChI=1S/C19H22N4O4S/c1-3-27-18(26)12-7-8-14-16(12)20-19(28-14)21-17(25)10(2)23-15(24)9-11-5-4-6-13(11)22-23/h9-10,12H,3-8H2,1-2H3,(H,20,21,25). The molecule has 0 radical (unpaired) electrons. The zero-order valence-electron chi connectivity index (χ0n) is 15.9. The lowest BCUT2D eigenvalue weighted by molar-refractivity contribution is -0.145. The average molecular weight is 402 g/mol. The van der Waals surface area contributed by atoms with Gasteiger partial charge in [0.15, 0.2) is 5.13 Å². The van der Waals surface area contributed by atoms with Gasteiger partial charge in [0.25, 0.3) is 11.5 Å². The molecule has 9 heteroatoms. The van der Waals surface area contributed by atoms with Crippen molar-refractivity contribution in [1.82, 2.24) is 14.8 Å². The molecule has 0 saturated carbocycles. The van der Waals surface area contributed by atoms with Gasteiger partial charge in [-0.15, -0.1) is 11.3 Å². The Bertz CT molecular complexity index is 996. The number of esters is 1. The highest BCUT2D eigenvalue weighted by molar-refractivity contribution is 7.16. The van der Waals surface area contributed by atoms with Gasteiger partial charge in [-0.2, -0.15) is 5.10 Å². The number of rotatable bonds is 5. The summed E-state index contributed by atoms with van der Waals surface area (Å²) in [6.07, 6.45) is 4.11. The molecule has 0 aliphatic heterocycles. The van der Waals surface area contributed by atoms with Crippen molar-refractivity contribution in [1.29, 1.82) is 0 Å². The van der Waals surface area contributed by atoms with Gasteiger partial charge in [0, 0.05) is 10.9 Å². The molecule has 0 bridgehead atoms. The molecule has 0 spiro atoms. The van der Waals surface area contributed by atoms with E-state index in [1.165, 1.54) is 16.0 Å². The predicted octanol–water partition coefficient (Wildman–Crippen LogP) is 1.98. The number of thiazole rings is 1. The maximum Gasteiger partial charge on any atom is 0.315 e. The van der Waals surface area contributed by atoms with E-state index in [9.17, 15) is 14.4 Å². The van der Waals surface area contributed by atoms with E-state index >= 15 is 0 Å². The molecule has 148 valence electrons. The predicted molar refractivity (Wildman–Crippen MR) is 104 cm³/mol. The lowest BCUT2D eigenvalue weighted by Crippen LogP contribution is -2.34. The van der Waals surface area contributed by atoms with Crippen LogP contribution in [0, 0.1) is 0 Å². The Hall–Kier alpha value is -2.55. The lowest BCUT2D eigenvalue weighted by Gasteiger charge is -2.14. The maximum absolute atomic E-state index is 12.7. The number of hydrogen-bond acceptors (Lipinski definition) is 7. The SMILES string of the molecule is CCOC(=O)C1CCc2sc(NC(=O)C(C)n3nc4c(cc3=O)CCC4)nc21. The lowest BCUT2D eigenvalue weighted by atomic mass is 10.1. The van der Waals surface area contributed by atoms with Crippen LogP contribution >= 0.6 is 11.3 Å². The maximum atomic E-state index is 12.7. The normalized spacial score (nSPS) is 18.4. The van der Waals surface area contributed by atoms with Gasteiger partial charge in [0.1, 0.15) is 12.0 Å². The van der Waals surface area contributed by atoms with Crippen molar-refractivity contribution < 1.29 is 14.3 Å². The fraction of sp³-hybridized carbons (Fsp3) is 0.526. The molecular weight excluding hydrogens is 380 g/mol. The van der Waals surface area contributed by atoms with Gasteiger partial charge < -0.3 is 10.1 Å². The first kappa shape index (κ1) is 18.8. The summed E-state index contributed by atoms with van der Waals surface area (Å²) in [6, 6.07) is 0.832. The zero-order chi connectivity index (χ0) is 19.8. The summed E-state index contributed by atoms with van der Waals surface area (Å²) in [5.41, 5.74) is 2.30. The molecule has 0 fully saturated rings. The molecule has 8 nitrogen and oxygen atoms in total. The van der Waals surface area contributed by atoms with Crippen LogP contribution in [0.15, 0.2) is 10.9 Å². The number of carbonyl (C=O) groups excluding carboxylic acids is 2. The minimum absolute atomic E-state index is 0.271. The third kappa shape index (κ3) is 3.34. The zero-order valence-corrected chi connectivity index (χ0v) is 16.7. The Balaban J connectivity index is 1.50. The number of amides is 1. The minimum atomic E-state index is -0.752. The molecule has 2 heterocycles. The highest BCUT2D eigenvalue weighted by Gasteiger charge is 2.34. The number of carbonyl (C=O) groups is 2. The molecule has 2 aliphatic carbocycles.